The summed E-state index contributed by atoms with van der Waals surface area (Å²) in [6.45, 7) is 14.0. The van der Waals surface area contributed by atoms with Gasteiger partial charge in [0.1, 0.15) is 0 Å². The van der Waals surface area contributed by atoms with Gasteiger partial charge in [0.2, 0.25) is 5.91 Å². The molecule has 1 unspecified atom stereocenters. The molecular formula is C20H35IN4O. The maximum atomic E-state index is 12.1. The van der Waals surface area contributed by atoms with Gasteiger partial charge in [0.05, 0.1) is 6.54 Å². The first-order valence-electron chi connectivity index (χ1n) is 8.99. The zero-order chi connectivity index (χ0) is 19.0. The maximum absolute atomic E-state index is 12.1. The second-order valence-corrected chi connectivity index (χ2v) is 7.66. The predicted octanol–water partition coefficient (Wildman–Crippen LogP) is 3.53. The smallest absolute Gasteiger partial charge is 0.240 e. The second kappa shape index (κ2) is 11.4. The van der Waals surface area contributed by atoms with Gasteiger partial charge in [-0.15, -0.1) is 24.0 Å². The van der Waals surface area contributed by atoms with Crippen molar-refractivity contribution >= 4 is 35.8 Å². The molecule has 1 atom stereocenters. The van der Waals surface area contributed by atoms with E-state index in [-0.39, 0.29) is 42.0 Å². The minimum Gasteiger partial charge on any atom is -0.357 e. The summed E-state index contributed by atoms with van der Waals surface area (Å²) in [7, 11) is 1.89. The molecule has 1 aromatic carbocycles. The summed E-state index contributed by atoms with van der Waals surface area (Å²) < 4.78 is 0. The first-order chi connectivity index (χ1) is 11.6. The van der Waals surface area contributed by atoms with Gasteiger partial charge in [0.25, 0.3) is 0 Å². The molecule has 1 aromatic rings. The van der Waals surface area contributed by atoms with E-state index in [1.807, 2.05) is 39.6 Å². The Hall–Kier alpha value is -1.31. The normalized spacial score (nSPS) is 12.8. The van der Waals surface area contributed by atoms with E-state index < -0.39 is 0 Å². The lowest BCUT2D eigenvalue weighted by Gasteiger charge is -2.25. The van der Waals surface area contributed by atoms with Crippen molar-refractivity contribution in [3.05, 3.63) is 35.4 Å². The predicted molar refractivity (Wildman–Crippen MR) is 122 cm³/mol. The average molecular weight is 474 g/mol. The standard InChI is InChI=1S/C20H34N4O.HI/c1-8-21-19(24(7)14-18(25)23-20(4,5)6)22-13-16(3)17-11-9-15(2)10-12-17;/h9-12,16H,8,13-14H2,1-7H3,(H,21,22)(H,23,25);1H. The molecule has 0 aliphatic rings. The van der Waals surface area contributed by atoms with Crippen LogP contribution in [0.4, 0.5) is 0 Å². The number of nitrogens with zero attached hydrogens (tertiary/aromatic N) is 2. The molecule has 2 N–H and O–H groups in total. The number of halogens is 1. The highest BCUT2D eigenvalue weighted by Crippen LogP contribution is 2.16. The summed E-state index contributed by atoms with van der Waals surface area (Å²) in [4.78, 5) is 18.7. The molecule has 0 fully saturated rings. The Morgan fingerprint density at radius 2 is 1.81 bits per heavy atom. The van der Waals surface area contributed by atoms with Gasteiger partial charge in [0, 0.05) is 31.6 Å². The molecule has 0 aromatic heterocycles. The van der Waals surface area contributed by atoms with Crippen molar-refractivity contribution in [1.29, 1.82) is 0 Å². The van der Waals surface area contributed by atoms with Gasteiger partial charge in [-0.3, -0.25) is 9.79 Å². The Morgan fingerprint density at radius 1 is 1.23 bits per heavy atom. The van der Waals surface area contributed by atoms with Gasteiger partial charge in [-0.25, -0.2) is 0 Å². The summed E-state index contributed by atoms with van der Waals surface area (Å²) in [6, 6.07) is 8.57. The minimum atomic E-state index is -0.229. The van der Waals surface area contributed by atoms with Crippen molar-refractivity contribution < 1.29 is 4.79 Å². The van der Waals surface area contributed by atoms with E-state index in [2.05, 4.69) is 48.7 Å². The number of hydrogen-bond acceptors (Lipinski definition) is 2. The number of amides is 1. The van der Waals surface area contributed by atoms with E-state index >= 15 is 0 Å². The summed E-state index contributed by atoms with van der Waals surface area (Å²) in [5, 5.41) is 6.24. The highest BCUT2D eigenvalue weighted by atomic mass is 127. The molecule has 6 heteroatoms. The van der Waals surface area contributed by atoms with Crippen LogP contribution < -0.4 is 10.6 Å². The number of hydrogen-bond donors (Lipinski definition) is 2. The van der Waals surface area contributed by atoms with E-state index in [0.29, 0.717) is 12.5 Å². The van der Waals surface area contributed by atoms with E-state index in [0.717, 1.165) is 12.5 Å². The van der Waals surface area contributed by atoms with Crippen molar-refractivity contribution in [2.45, 2.75) is 53.0 Å². The lowest BCUT2D eigenvalue weighted by molar-refractivity contribution is -0.122. The number of rotatable bonds is 6. The number of guanidine groups is 1. The lowest BCUT2D eigenvalue weighted by Crippen LogP contribution is -2.48. The van der Waals surface area contributed by atoms with Crippen LogP contribution in [0, 0.1) is 6.92 Å². The third-order valence-electron chi connectivity index (χ3n) is 3.75. The molecule has 26 heavy (non-hydrogen) atoms. The molecule has 1 rings (SSSR count). The summed E-state index contributed by atoms with van der Waals surface area (Å²) in [6.07, 6.45) is 0. The van der Waals surface area contributed by atoms with Gasteiger partial charge >= 0.3 is 0 Å². The van der Waals surface area contributed by atoms with Crippen LogP contribution in [0.5, 0.6) is 0 Å². The number of carbonyl (C=O) groups is 1. The van der Waals surface area contributed by atoms with Crippen LogP contribution in [-0.4, -0.2) is 49.0 Å². The molecule has 0 saturated heterocycles. The molecule has 0 aliphatic heterocycles. The van der Waals surface area contributed by atoms with Crippen LogP contribution in [0.2, 0.25) is 0 Å². The zero-order valence-corrected chi connectivity index (χ0v) is 19.5. The van der Waals surface area contributed by atoms with Gasteiger partial charge in [-0.05, 0) is 40.2 Å². The topological polar surface area (TPSA) is 56.7 Å². The van der Waals surface area contributed by atoms with E-state index in [1.165, 1.54) is 11.1 Å². The van der Waals surface area contributed by atoms with Crippen LogP contribution in [0.25, 0.3) is 0 Å². The second-order valence-electron chi connectivity index (χ2n) is 7.66. The Bertz CT molecular complexity index is 578. The van der Waals surface area contributed by atoms with E-state index in [1.54, 1.807) is 0 Å². The van der Waals surface area contributed by atoms with E-state index in [4.69, 9.17) is 4.99 Å². The number of carbonyl (C=O) groups excluding carboxylic acids is 1. The number of nitrogens with one attached hydrogen (secondary N) is 2. The highest BCUT2D eigenvalue weighted by Gasteiger charge is 2.17. The average Bonchev–Trinajstić information content (AvgIpc) is 2.49. The van der Waals surface area contributed by atoms with Gasteiger partial charge in [-0.2, -0.15) is 0 Å². The van der Waals surface area contributed by atoms with Crippen LogP contribution in [0.1, 0.15) is 51.7 Å². The molecule has 0 radical (unpaired) electrons. The van der Waals surface area contributed by atoms with Crippen LogP contribution in [0.15, 0.2) is 29.3 Å². The fraction of sp³-hybridized carbons (Fsp3) is 0.600. The highest BCUT2D eigenvalue weighted by molar-refractivity contribution is 14.0. The van der Waals surface area contributed by atoms with Crippen LogP contribution in [0.3, 0.4) is 0 Å². The van der Waals surface area contributed by atoms with Crippen molar-refractivity contribution in [1.82, 2.24) is 15.5 Å². The van der Waals surface area contributed by atoms with Crippen molar-refractivity contribution in [2.24, 2.45) is 4.99 Å². The number of benzene rings is 1. The molecule has 1 amide bonds. The molecule has 0 heterocycles. The fourth-order valence-corrected chi connectivity index (χ4v) is 2.44. The summed E-state index contributed by atoms with van der Waals surface area (Å²) >= 11 is 0. The van der Waals surface area contributed by atoms with Crippen LogP contribution in [-0.2, 0) is 4.79 Å². The third-order valence-corrected chi connectivity index (χ3v) is 3.75. The lowest BCUT2D eigenvalue weighted by atomic mass is 10.0. The van der Waals surface area contributed by atoms with Gasteiger partial charge in [0.15, 0.2) is 5.96 Å². The molecule has 148 valence electrons. The Morgan fingerprint density at radius 3 is 2.31 bits per heavy atom. The summed E-state index contributed by atoms with van der Waals surface area (Å²) in [5.41, 5.74) is 2.31. The van der Waals surface area contributed by atoms with Gasteiger partial charge < -0.3 is 15.5 Å². The SMILES string of the molecule is CCNC(=NCC(C)c1ccc(C)cc1)N(C)CC(=O)NC(C)(C)C.I. The number of likely N-dealkylation sites (N-methyl/N-ethyl adjacent to an activating group) is 1. The maximum Gasteiger partial charge on any atom is 0.240 e. The van der Waals surface area contributed by atoms with E-state index in [9.17, 15) is 4.79 Å². The van der Waals surface area contributed by atoms with Crippen molar-refractivity contribution in [2.75, 3.05) is 26.7 Å². The monoisotopic (exact) mass is 474 g/mol. The quantitative estimate of drug-likeness (QED) is 0.377. The third kappa shape index (κ3) is 9.40. The van der Waals surface area contributed by atoms with Crippen LogP contribution >= 0.6 is 24.0 Å². The first-order valence-corrected chi connectivity index (χ1v) is 8.99. The molecular weight excluding hydrogens is 439 g/mol. The molecule has 0 spiro atoms. The Kier molecular flexibility index (Phi) is 10.8. The fourth-order valence-electron chi connectivity index (χ4n) is 2.44. The molecule has 0 aliphatic carbocycles. The van der Waals surface area contributed by atoms with Crippen molar-refractivity contribution in [3.8, 4) is 0 Å². The van der Waals surface area contributed by atoms with Gasteiger partial charge in [-0.1, -0.05) is 36.8 Å². The number of aryl methyl sites for hydroxylation is 1. The molecule has 0 bridgehead atoms. The number of aliphatic imine (C=N–C) groups is 1. The zero-order valence-electron chi connectivity index (χ0n) is 17.2. The molecule has 5 nitrogen and oxygen atoms in total. The Balaban J connectivity index is 0.00000625. The summed E-state index contributed by atoms with van der Waals surface area (Å²) in [5.74, 6) is 1.07. The Labute approximate surface area is 176 Å². The largest absolute Gasteiger partial charge is 0.357 e. The molecule has 0 saturated carbocycles. The van der Waals surface area contributed by atoms with Crippen molar-refractivity contribution in [3.63, 3.8) is 0 Å². The first kappa shape index (κ1) is 24.7. The minimum absolute atomic E-state index is 0.